The Morgan fingerprint density at radius 2 is 2.24 bits per heavy atom. The highest BCUT2D eigenvalue weighted by Crippen LogP contribution is 2.12. The number of nitrogens with zero attached hydrogens (tertiary/aromatic N) is 1. The third-order valence-corrected chi connectivity index (χ3v) is 2.90. The number of hydrogen-bond donors (Lipinski definition) is 1. The van der Waals surface area contributed by atoms with E-state index in [0.29, 0.717) is 6.04 Å². The summed E-state index contributed by atoms with van der Waals surface area (Å²) in [5, 5.41) is 7.38. The molecule has 2 aromatic heterocycles. The first-order chi connectivity index (χ1) is 8.16. The van der Waals surface area contributed by atoms with Crippen LogP contribution in [0.3, 0.4) is 0 Å². The molecule has 0 aliphatic heterocycles. The first kappa shape index (κ1) is 11.9. The van der Waals surface area contributed by atoms with E-state index in [-0.39, 0.29) is 0 Å². The Morgan fingerprint density at radius 1 is 1.41 bits per heavy atom. The van der Waals surface area contributed by atoms with Crippen molar-refractivity contribution in [2.24, 2.45) is 0 Å². The average Bonchev–Trinajstić information content (AvgIpc) is 2.88. The molecule has 0 aliphatic rings. The molecule has 92 valence electrons. The van der Waals surface area contributed by atoms with Gasteiger partial charge in [-0.3, -0.25) is 0 Å². The van der Waals surface area contributed by atoms with E-state index < -0.39 is 0 Å². The lowest BCUT2D eigenvalue weighted by atomic mass is 10.1. The van der Waals surface area contributed by atoms with Gasteiger partial charge in [0.15, 0.2) is 0 Å². The van der Waals surface area contributed by atoms with Gasteiger partial charge in [-0.15, -0.1) is 0 Å². The van der Waals surface area contributed by atoms with Crippen molar-refractivity contribution in [2.45, 2.75) is 39.8 Å². The Morgan fingerprint density at radius 3 is 2.82 bits per heavy atom. The molecule has 0 saturated heterocycles. The smallest absolute Gasteiger partial charge is 0.138 e. The zero-order valence-electron chi connectivity index (χ0n) is 10.5. The maximum Gasteiger partial charge on any atom is 0.138 e. The van der Waals surface area contributed by atoms with Crippen LogP contribution in [0.15, 0.2) is 27.3 Å². The predicted octanol–water partition coefficient (Wildman–Crippen LogP) is 2.61. The summed E-state index contributed by atoms with van der Waals surface area (Å²) in [7, 11) is 0. The Balaban J connectivity index is 1.86. The van der Waals surface area contributed by atoms with E-state index in [1.165, 1.54) is 0 Å². The molecule has 0 saturated carbocycles. The van der Waals surface area contributed by atoms with Crippen LogP contribution < -0.4 is 5.32 Å². The van der Waals surface area contributed by atoms with Gasteiger partial charge in [0, 0.05) is 24.6 Å². The molecule has 2 aromatic rings. The fraction of sp³-hybridized carbons (Fsp3) is 0.462. The lowest BCUT2D eigenvalue weighted by Gasteiger charge is -2.11. The molecule has 0 radical (unpaired) electrons. The van der Waals surface area contributed by atoms with Gasteiger partial charge in [0.25, 0.3) is 0 Å². The second-order valence-corrected chi connectivity index (χ2v) is 4.37. The van der Waals surface area contributed by atoms with Crippen molar-refractivity contribution in [2.75, 3.05) is 0 Å². The van der Waals surface area contributed by atoms with Gasteiger partial charge < -0.3 is 14.3 Å². The molecular formula is C13H18N2O2. The number of nitrogens with one attached hydrogen (secondary N) is 1. The van der Waals surface area contributed by atoms with Gasteiger partial charge in [-0.2, -0.15) is 0 Å². The molecular weight excluding hydrogens is 216 g/mol. The maximum absolute atomic E-state index is 5.32. The van der Waals surface area contributed by atoms with Crippen LogP contribution in [0.25, 0.3) is 0 Å². The number of furan rings is 1. The predicted molar refractivity (Wildman–Crippen MR) is 64.7 cm³/mol. The number of hydrogen-bond acceptors (Lipinski definition) is 4. The molecule has 0 fully saturated rings. The summed E-state index contributed by atoms with van der Waals surface area (Å²) in [4.78, 5) is 0. The maximum atomic E-state index is 5.32. The molecule has 17 heavy (non-hydrogen) atoms. The van der Waals surface area contributed by atoms with Crippen LogP contribution in [0.1, 0.15) is 29.7 Å². The van der Waals surface area contributed by atoms with Crippen LogP contribution in [0.2, 0.25) is 0 Å². The van der Waals surface area contributed by atoms with E-state index >= 15 is 0 Å². The van der Waals surface area contributed by atoms with Crippen LogP contribution >= 0.6 is 0 Å². The van der Waals surface area contributed by atoms with Crippen LogP contribution in [0.4, 0.5) is 0 Å². The van der Waals surface area contributed by atoms with Gasteiger partial charge in [0.1, 0.15) is 11.5 Å². The SMILES string of the molecule is Cc1noc(C)c1CNC(C)Cc1ccco1. The summed E-state index contributed by atoms with van der Waals surface area (Å²) in [6.07, 6.45) is 2.59. The standard InChI is InChI=1S/C13H18N2O2/c1-9(7-12-5-4-6-16-12)14-8-13-10(2)15-17-11(13)3/h4-6,9,14H,7-8H2,1-3H3. The highest BCUT2D eigenvalue weighted by atomic mass is 16.5. The summed E-state index contributed by atoms with van der Waals surface area (Å²) in [6, 6.07) is 4.26. The summed E-state index contributed by atoms with van der Waals surface area (Å²) >= 11 is 0. The zero-order valence-corrected chi connectivity index (χ0v) is 10.5. The monoisotopic (exact) mass is 234 g/mol. The molecule has 0 aromatic carbocycles. The summed E-state index contributed by atoms with van der Waals surface area (Å²) < 4.78 is 10.4. The third-order valence-electron chi connectivity index (χ3n) is 2.90. The molecule has 0 spiro atoms. The second kappa shape index (κ2) is 5.19. The fourth-order valence-electron chi connectivity index (χ4n) is 1.83. The molecule has 2 rings (SSSR count). The van der Waals surface area contributed by atoms with E-state index in [2.05, 4.69) is 17.4 Å². The molecule has 1 N–H and O–H groups in total. The Labute approximate surface area is 101 Å². The molecule has 4 nitrogen and oxygen atoms in total. The van der Waals surface area contributed by atoms with Gasteiger partial charge in [0.2, 0.25) is 0 Å². The van der Waals surface area contributed by atoms with Gasteiger partial charge >= 0.3 is 0 Å². The number of rotatable bonds is 5. The number of aryl methyl sites for hydroxylation is 2. The van der Waals surface area contributed by atoms with E-state index in [9.17, 15) is 0 Å². The minimum atomic E-state index is 0.356. The Kier molecular flexibility index (Phi) is 3.64. The van der Waals surface area contributed by atoms with Gasteiger partial charge in [-0.05, 0) is 32.9 Å². The summed E-state index contributed by atoms with van der Waals surface area (Å²) in [6.45, 7) is 6.82. The van der Waals surface area contributed by atoms with E-state index in [1.807, 2.05) is 26.0 Å². The Hall–Kier alpha value is -1.55. The van der Waals surface area contributed by atoms with Gasteiger partial charge in [-0.1, -0.05) is 5.16 Å². The first-order valence-electron chi connectivity index (χ1n) is 5.84. The highest BCUT2D eigenvalue weighted by molar-refractivity contribution is 5.20. The van der Waals surface area contributed by atoms with Crippen molar-refractivity contribution in [3.63, 3.8) is 0 Å². The lowest BCUT2D eigenvalue weighted by molar-refractivity contribution is 0.391. The van der Waals surface area contributed by atoms with Crippen LogP contribution in [0, 0.1) is 13.8 Å². The quantitative estimate of drug-likeness (QED) is 0.864. The van der Waals surface area contributed by atoms with Crippen molar-refractivity contribution < 1.29 is 8.94 Å². The molecule has 1 unspecified atom stereocenters. The molecule has 0 bridgehead atoms. The second-order valence-electron chi connectivity index (χ2n) is 4.37. The average molecular weight is 234 g/mol. The zero-order chi connectivity index (χ0) is 12.3. The van der Waals surface area contributed by atoms with E-state index in [0.717, 1.165) is 35.7 Å². The largest absolute Gasteiger partial charge is 0.469 e. The third kappa shape index (κ3) is 2.97. The summed E-state index contributed by atoms with van der Waals surface area (Å²) in [5.41, 5.74) is 2.11. The van der Waals surface area contributed by atoms with Gasteiger partial charge in [0.05, 0.1) is 12.0 Å². The topological polar surface area (TPSA) is 51.2 Å². The van der Waals surface area contributed by atoms with Gasteiger partial charge in [-0.25, -0.2) is 0 Å². The highest BCUT2D eigenvalue weighted by Gasteiger charge is 2.11. The van der Waals surface area contributed by atoms with Crippen molar-refractivity contribution in [3.05, 3.63) is 41.2 Å². The minimum Gasteiger partial charge on any atom is -0.469 e. The fourth-order valence-corrected chi connectivity index (χ4v) is 1.83. The molecule has 0 amide bonds. The first-order valence-corrected chi connectivity index (χ1v) is 5.84. The van der Waals surface area contributed by atoms with Crippen molar-refractivity contribution in [1.82, 2.24) is 10.5 Å². The molecule has 1 atom stereocenters. The van der Waals surface area contributed by atoms with Crippen molar-refractivity contribution in [1.29, 1.82) is 0 Å². The van der Waals surface area contributed by atoms with Crippen LogP contribution in [-0.4, -0.2) is 11.2 Å². The molecule has 2 heterocycles. The minimum absolute atomic E-state index is 0.356. The van der Waals surface area contributed by atoms with Crippen LogP contribution in [0.5, 0.6) is 0 Å². The van der Waals surface area contributed by atoms with E-state index in [1.54, 1.807) is 6.26 Å². The number of aromatic nitrogens is 1. The Bertz CT molecular complexity index is 440. The van der Waals surface area contributed by atoms with Crippen LogP contribution in [-0.2, 0) is 13.0 Å². The van der Waals surface area contributed by atoms with Crippen molar-refractivity contribution >= 4 is 0 Å². The normalized spacial score (nSPS) is 12.9. The van der Waals surface area contributed by atoms with E-state index in [4.69, 9.17) is 8.94 Å². The lowest BCUT2D eigenvalue weighted by Crippen LogP contribution is -2.27. The molecule has 4 heteroatoms. The molecule has 0 aliphatic carbocycles. The summed E-state index contributed by atoms with van der Waals surface area (Å²) in [5.74, 6) is 1.89. The van der Waals surface area contributed by atoms with Crippen molar-refractivity contribution in [3.8, 4) is 0 Å².